The number of ether oxygens (including phenoxy) is 2. The summed E-state index contributed by atoms with van der Waals surface area (Å²) >= 11 is 0. The van der Waals surface area contributed by atoms with Crippen molar-refractivity contribution in [1.82, 2.24) is 0 Å². The van der Waals surface area contributed by atoms with Gasteiger partial charge in [-0.05, 0) is 23.8 Å². The maximum absolute atomic E-state index is 12.4. The van der Waals surface area contributed by atoms with Crippen LogP contribution in [0.3, 0.4) is 0 Å². The van der Waals surface area contributed by atoms with E-state index in [1.807, 2.05) is 30.3 Å². The number of nitrogens with zero attached hydrogens (tertiary/aromatic N) is 1. The van der Waals surface area contributed by atoms with E-state index >= 15 is 0 Å². The van der Waals surface area contributed by atoms with E-state index in [0.717, 1.165) is 5.56 Å². The normalized spacial score (nSPS) is 12.8. The summed E-state index contributed by atoms with van der Waals surface area (Å²) in [5.74, 6) is -0.868. The van der Waals surface area contributed by atoms with Gasteiger partial charge < -0.3 is 14.8 Å². The van der Waals surface area contributed by atoms with Crippen LogP contribution < -0.4 is 10.2 Å². The summed E-state index contributed by atoms with van der Waals surface area (Å²) in [5, 5.41) is 2.66. The topological polar surface area (TPSA) is 84.9 Å². The quantitative estimate of drug-likeness (QED) is 0.868. The van der Waals surface area contributed by atoms with Crippen LogP contribution in [0.15, 0.2) is 48.5 Å². The highest BCUT2D eigenvalue weighted by atomic mass is 16.6. The van der Waals surface area contributed by atoms with E-state index in [2.05, 4.69) is 10.1 Å². The molecule has 25 heavy (non-hydrogen) atoms. The predicted octanol–water partition coefficient (Wildman–Crippen LogP) is 2.57. The van der Waals surface area contributed by atoms with E-state index in [1.54, 1.807) is 6.07 Å². The molecule has 7 nitrogen and oxygen atoms in total. The maximum Gasteiger partial charge on any atom is 0.415 e. The molecule has 128 valence electrons. The highest BCUT2D eigenvalue weighted by molar-refractivity contribution is 6.09. The summed E-state index contributed by atoms with van der Waals surface area (Å²) in [6, 6.07) is 13.8. The molecule has 0 spiro atoms. The molecule has 1 N–H and O–H groups in total. The SMILES string of the molecule is COC(=O)c1ccc2c(c1)N(C(=O)OCc1ccccc1)CC(=O)N2. The van der Waals surface area contributed by atoms with Crippen molar-refractivity contribution in [2.45, 2.75) is 6.61 Å². The van der Waals surface area contributed by atoms with Gasteiger partial charge in [0.2, 0.25) is 5.91 Å². The third kappa shape index (κ3) is 3.60. The van der Waals surface area contributed by atoms with Gasteiger partial charge in [-0.2, -0.15) is 0 Å². The van der Waals surface area contributed by atoms with Gasteiger partial charge in [0.15, 0.2) is 0 Å². The summed E-state index contributed by atoms with van der Waals surface area (Å²) < 4.78 is 9.98. The van der Waals surface area contributed by atoms with E-state index in [4.69, 9.17) is 4.74 Å². The van der Waals surface area contributed by atoms with Crippen LogP contribution in [0.5, 0.6) is 0 Å². The number of fused-ring (bicyclic) bond motifs is 1. The summed E-state index contributed by atoms with van der Waals surface area (Å²) in [6.07, 6.45) is -0.665. The Bertz CT molecular complexity index is 819. The third-order valence-electron chi connectivity index (χ3n) is 3.71. The fraction of sp³-hybridized carbons (Fsp3) is 0.167. The fourth-order valence-electron chi connectivity index (χ4n) is 2.48. The Morgan fingerprint density at radius 1 is 1.16 bits per heavy atom. The predicted molar refractivity (Wildman–Crippen MR) is 90.4 cm³/mol. The summed E-state index contributed by atoms with van der Waals surface area (Å²) in [4.78, 5) is 37.2. The van der Waals surface area contributed by atoms with Crippen molar-refractivity contribution in [1.29, 1.82) is 0 Å². The van der Waals surface area contributed by atoms with Crippen molar-refractivity contribution in [3.8, 4) is 0 Å². The molecule has 3 rings (SSSR count). The standard InChI is InChI=1S/C18H16N2O5/c1-24-17(22)13-7-8-14-15(9-13)20(10-16(21)19-14)18(23)25-11-12-5-3-2-4-6-12/h2-9H,10-11H2,1H3,(H,19,21). The Morgan fingerprint density at radius 2 is 1.92 bits per heavy atom. The lowest BCUT2D eigenvalue weighted by molar-refractivity contribution is -0.115. The van der Waals surface area contributed by atoms with Crippen LogP contribution in [-0.4, -0.2) is 31.6 Å². The minimum atomic E-state index is -0.665. The second kappa shape index (κ2) is 7.04. The molecule has 2 aromatic rings. The van der Waals surface area contributed by atoms with Crippen molar-refractivity contribution >= 4 is 29.3 Å². The molecule has 0 aromatic heterocycles. The number of esters is 1. The number of methoxy groups -OCH3 is 1. The molecule has 0 radical (unpaired) electrons. The van der Waals surface area contributed by atoms with Crippen LogP contribution in [0, 0.1) is 0 Å². The Morgan fingerprint density at radius 3 is 2.64 bits per heavy atom. The van der Waals surface area contributed by atoms with Gasteiger partial charge in [-0.25, -0.2) is 9.59 Å². The number of hydrogen-bond donors (Lipinski definition) is 1. The number of carbonyl (C=O) groups excluding carboxylic acids is 3. The van der Waals surface area contributed by atoms with Crippen molar-refractivity contribution in [2.75, 3.05) is 23.9 Å². The van der Waals surface area contributed by atoms with E-state index in [0.29, 0.717) is 11.4 Å². The molecule has 0 atom stereocenters. The maximum atomic E-state index is 12.4. The van der Waals surface area contributed by atoms with E-state index in [1.165, 1.54) is 24.1 Å². The number of anilines is 2. The van der Waals surface area contributed by atoms with Crippen molar-refractivity contribution in [3.63, 3.8) is 0 Å². The van der Waals surface area contributed by atoms with E-state index in [-0.39, 0.29) is 24.6 Å². The Balaban J connectivity index is 1.83. The number of nitrogens with one attached hydrogen (secondary N) is 1. The first-order valence-electron chi connectivity index (χ1n) is 7.59. The molecule has 0 bridgehead atoms. The van der Waals surface area contributed by atoms with Gasteiger partial charge in [0.1, 0.15) is 13.2 Å². The van der Waals surface area contributed by atoms with Crippen molar-refractivity contribution in [3.05, 3.63) is 59.7 Å². The average molecular weight is 340 g/mol. The largest absolute Gasteiger partial charge is 0.465 e. The average Bonchev–Trinajstić information content (AvgIpc) is 2.65. The molecule has 1 heterocycles. The highest BCUT2D eigenvalue weighted by Crippen LogP contribution is 2.31. The number of benzene rings is 2. The van der Waals surface area contributed by atoms with Crippen LogP contribution in [0.2, 0.25) is 0 Å². The molecule has 2 amide bonds. The first kappa shape index (κ1) is 16.5. The first-order valence-corrected chi connectivity index (χ1v) is 7.59. The minimum Gasteiger partial charge on any atom is -0.465 e. The van der Waals surface area contributed by atoms with Crippen LogP contribution in [0.4, 0.5) is 16.2 Å². The molecule has 1 aliphatic rings. The second-order valence-electron chi connectivity index (χ2n) is 5.40. The zero-order valence-electron chi connectivity index (χ0n) is 13.5. The molecule has 2 aromatic carbocycles. The van der Waals surface area contributed by atoms with E-state index in [9.17, 15) is 14.4 Å². The van der Waals surface area contributed by atoms with Gasteiger partial charge in [0.25, 0.3) is 0 Å². The van der Waals surface area contributed by atoms with Gasteiger partial charge in [0.05, 0.1) is 24.0 Å². The van der Waals surface area contributed by atoms with Crippen molar-refractivity contribution in [2.24, 2.45) is 0 Å². The van der Waals surface area contributed by atoms with Gasteiger partial charge in [-0.15, -0.1) is 0 Å². The van der Waals surface area contributed by atoms with Crippen LogP contribution >= 0.6 is 0 Å². The molecular formula is C18H16N2O5. The highest BCUT2D eigenvalue weighted by Gasteiger charge is 2.29. The summed E-state index contributed by atoms with van der Waals surface area (Å²) in [7, 11) is 1.27. The Labute approximate surface area is 144 Å². The Hall–Kier alpha value is -3.35. The molecule has 0 saturated heterocycles. The summed E-state index contributed by atoms with van der Waals surface area (Å²) in [5.41, 5.74) is 1.93. The fourth-order valence-corrected chi connectivity index (χ4v) is 2.48. The molecule has 0 aliphatic carbocycles. The van der Waals surface area contributed by atoms with Gasteiger partial charge in [-0.3, -0.25) is 9.69 Å². The van der Waals surface area contributed by atoms with Crippen LogP contribution in [0.25, 0.3) is 0 Å². The van der Waals surface area contributed by atoms with Gasteiger partial charge >= 0.3 is 12.1 Å². The van der Waals surface area contributed by atoms with Gasteiger partial charge in [0, 0.05) is 0 Å². The number of hydrogen-bond acceptors (Lipinski definition) is 5. The molecule has 0 saturated carbocycles. The second-order valence-corrected chi connectivity index (χ2v) is 5.40. The lowest BCUT2D eigenvalue weighted by atomic mass is 10.1. The third-order valence-corrected chi connectivity index (χ3v) is 3.71. The van der Waals surface area contributed by atoms with Gasteiger partial charge in [-0.1, -0.05) is 30.3 Å². The Kier molecular flexibility index (Phi) is 4.65. The molecule has 0 unspecified atom stereocenters. The minimum absolute atomic E-state index is 0.0871. The smallest absolute Gasteiger partial charge is 0.415 e. The lowest BCUT2D eigenvalue weighted by Gasteiger charge is -2.28. The molecular weight excluding hydrogens is 324 g/mol. The van der Waals surface area contributed by atoms with E-state index < -0.39 is 12.1 Å². The molecule has 0 fully saturated rings. The van der Waals surface area contributed by atoms with Crippen LogP contribution in [-0.2, 0) is 20.9 Å². The lowest BCUT2D eigenvalue weighted by Crippen LogP contribution is -2.42. The van der Waals surface area contributed by atoms with Crippen molar-refractivity contribution < 1.29 is 23.9 Å². The number of carbonyl (C=O) groups is 3. The molecule has 1 aliphatic heterocycles. The summed E-state index contributed by atoms with van der Waals surface area (Å²) in [6.45, 7) is -0.102. The first-order chi connectivity index (χ1) is 12.1. The monoisotopic (exact) mass is 340 g/mol. The number of rotatable bonds is 3. The zero-order valence-corrected chi connectivity index (χ0v) is 13.5. The number of amides is 2. The zero-order chi connectivity index (χ0) is 17.8. The molecule has 7 heteroatoms. The van der Waals surface area contributed by atoms with Crippen LogP contribution in [0.1, 0.15) is 15.9 Å².